The predicted molar refractivity (Wildman–Crippen MR) is 89.1 cm³/mol. The molecule has 7 nitrogen and oxygen atoms in total. The lowest BCUT2D eigenvalue weighted by Gasteiger charge is -2.07. The maximum absolute atomic E-state index is 12.0. The number of amides is 1. The molecule has 7 heteroatoms. The van der Waals surface area contributed by atoms with E-state index in [0.29, 0.717) is 28.8 Å². The molecular formula is C17H14N2O5. The number of methoxy groups -OCH3 is 1. The molecule has 0 fully saturated rings. The summed E-state index contributed by atoms with van der Waals surface area (Å²) in [7, 11) is 1.48. The Morgan fingerprint density at radius 1 is 1.21 bits per heavy atom. The van der Waals surface area contributed by atoms with Crippen LogP contribution in [-0.2, 0) is 4.79 Å². The lowest BCUT2D eigenvalue weighted by Crippen LogP contribution is -2.09. The van der Waals surface area contributed by atoms with Crippen LogP contribution in [0.5, 0.6) is 5.75 Å². The summed E-state index contributed by atoms with van der Waals surface area (Å²) < 4.78 is 5.06. The molecule has 0 aliphatic heterocycles. The number of rotatable bonds is 6. The van der Waals surface area contributed by atoms with Crippen molar-refractivity contribution in [3.05, 3.63) is 69.8 Å². The second-order valence-electron chi connectivity index (χ2n) is 4.74. The minimum absolute atomic E-state index is 0.0244. The number of ether oxygens (including phenoxy) is 1. The van der Waals surface area contributed by atoms with Crippen molar-refractivity contribution in [1.29, 1.82) is 0 Å². The number of nitrogens with one attached hydrogen (secondary N) is 1. The van der Waals surface area contributed by atoms with E-state index >= 15 is 0 Å². The fourth-order valence-electron chi connectivity index (χ4n) is 1.93. The number of nitrogens with zero attached hydrogens (tertiary/aromatic N) is 1. The van der Waals surface area contributed by atoms with E-state index in [0.717, 1.165) is 0 Å². The second-order valence-corrected chi connectivity index (χ2v) is 4.74. The molecule has 1 N–H and O–H groups in total. The van der Waals surface area contributed by atoms with Crippen molar-refractivity contribution in [3.63, 3.8) is 0 Å². The first-order chi connectivity index (χ1) is 11.5. The Morgan fingerprint density at radius 3 is 2.50 bits per heavy atom. The van der Waals surface area contributed by atoms with Crippen LogP contribution in [0.2, 0.25) is 0 Å². The van der Waals surface area contributed by atoms with Crippen molar-refractivity contribution in [2.75, 3.05) is 12.4 Å². The van der Waals surface area contributed by atoms with Gasteiger partial charge in [0, 0.05) is 29.8 Å². The number of hydrogen-bond donors (Lipinski definition) is 1. The van der Waals surface area contributed by atoms with Crippen molar-refractivity contribution in [1.82, 2.24) is 0 Å². The third kappa shape index (κ3) is 4.26. The summed E-state index contributed by atoms with van der Waals surface area (Å²) in [6, 6.07) is 10.5. The Balaban J connectivity index is 2.10. The van der Waals surface area contributed by atoms with Crippen molar-refractivity contribution in [3.8, 4) is 5.75 Å². The molecule has 0 aliphatic carbocycles. The maximum Gasteiger partial charge on any atom is 0.269 e. The van der Waals surface area contributed by atoms with Crippen molar-refractivity contribution in [2.45, 2.75) is 0 Å². The average Bonchev–Trinajstić information content (AvgIpc) is 2.60. The van der Waals surface area contributed by atoms with Crippen LogP contribution in [0.15, 0.2) is 48.5 Å². The Morgan fingerprint density at radius 2 is 1.92 bits per heavy atom. The lowest BCUT2D eigenvalue weighted by molar-refractivity contribution is -0.384. The van der Waals surface area contributed by atoms with Crippen LogP contribution in [0.4, 0.5) is 11.4 Å². The quantitative estimate of drug-likeness (QED) is 0.381. The number of hydrogen-bond acceptors (Lipinski definition) is 5. The van der Waals surface area contributed by atoms with E-state index in [2.05, 4.69) is 5.32 Å². The van der Waals surface area contributed by atoms with E-state index in [1.165, 1.54) is 43.5 Å². The van der Waals surface area contributed by atoms with Gasteiger partial charge in [-0.1, -0.05) is 0 Å². The van der Waals surface area contributed by atoms with Gasteiger partial charge in [0.05, 0.1) is 17.7 Å². The summed E-state index contributed by atoms with van der Waals surface area (Å²) in [6.45, 7) is 0. The van der Waals surface area contributed by atoms with Crippen LogP contribution >= 0.6 is 0 Å². The standard InChI is InChI=1S/C17H14N2O5/c1-24-15-8-5-13(11-20)16(10-15)18-17(21)9-4-12-2-6-14(7-3-12)19(22)23/h2-11H,1H3,(H,18,21)/b9-4+. The number of non-ortho nitro benzene ring substituents is 1. The van der Waals surface area contributed by atoms with Crippen LogP contribution in [0.3, 0.4) is 0 Å². The van der Waals surface area contributed by atoms with Crippen LogP contribution in [0, 0.1) is 10.1 Å². The first-order valence-corrected chi connectivity index (χ1v) is 6.90. The zero-order valence-electron chi connectivity index (χ0n) is 12.8. The van der Waals surface area contributed by atoms with Crippen LogP contribution in [-0.4, -0.2) is 24.2 Å². The topological polar surface area (TPSA) is 98.5 Å². The number of carbonyl (C=O) groups excluding carboxylic acids is 2. The molecule has 2 rings (SSSR count). The normalized spacial score (nSPS) is 10.4. The molecule has 0 saturated heterocycles. The van der Waals surface area contributed by atoms with Gasteiger partial charge in [-0.2, -0.15) is 0 Å². The Labute approximate surface area is 137 Å². The summed E-state index contributed by atoms with van der Waals surface area (Å²) in [5, 5.41) is 13.2. The number of benzene rings is 2. The Hall–Kier alpha value is -3.48. The van der Waals surface area contributed by atoms with E-state index in [9.17, 15) is 19.7 Å². The van der Waals surface area contributed by atoms with Crippen molar-refractivity contribution >= 4 is 29.6 Å². The Kier molecular flexibility index (Phi) is 5.40. The van der Waals surface area contributed by atoms with E-state index in [-0.39, 0.29) is 5.69 Å². The first-order valence-electron chi connectivity index (χ1n) is 6.90. The monoisotopic (exact) mass is 326 g/mol. The van der Waals surface area contributed by atoms with Gasteiger partial charge in [0.25, 0.3) is 5.69 Å². The molecule has 0 bridgehead atoms. The second kappa shape index (κ2) is 7.68. The van der Waals surface area contributed by atoms with Gasteiger partial charge in [-0.05, 0) is 35.9 Å². The van der Waals surface area contributed by atoms with Crippen LogP contribution < -0.4 is 10.1 Å². The molecule has 0 saturated carbocycles. The molecule has 0 heterocycles. The molecule has 0 aliphatic rings. The molecule has 0 aromatic heterocycles. The van der Waals surface area contributed by atoms with Gasteiger partial charge in [-0.25, -0.2) is 0 Å². The highest BCUT2D eigenvalue weighted by atomic mass is 16.6. The van der Waals surface area contributed by atoms with Crippen LogP contribution in [0.25, 0.3) is 6.08 Å². The van der Waals surface area contributed by atoms with Crippen molar-refractivity contribution in [2.24, 2.45) is 0 Å². The average molecular weight is 326 g/mol. The zero-order valence-corrected chi connectivity index (χ0v) is 12.8. The fraction of sp³-hybridized carbons (Fsp3) is 0.0588. The van der Waals surface area contributed by atoms with Gasteiger partial charge in [-0.3, -0.25) is 19.7 Å². The molecule has 2 aromatic carbocycles. The third-order valence-corrected chi connectivity index (χ3v) is 3.18. The fourth-order valence-corrected chi connectivity index (χ4v) is 1.93. The van der Waals surface area contributed by atoms with E-state index < -0.39 is 10.8 Å². The molecular weight excluding hydrogens is 312 g/mol. The first kappa shape index (κ1) is 16.9. The minimum atomic E-state index is -0.496. The molecule has 122 valence electrons. The van der Waals surface area contributed by atoms with Gasteiger partial charge in [0.2, 0.25) is 5.91 Å². The smallest absolute Gasteiger partial charge is 0.269 e. The van der Waals surface area contributed by atoms with Crippen LogP contribution in [0.1, 0.15) is 15.9 Å². The van der Waals surface area contributed by atoms with E-state index in [1.807, 2.05) is 0 Å². The highest BCUT2D eigenvalue weighted by molar-refractivity contribution is 6.04. The molecule has 2 aromatic rings. The molecule has 0 atom stereocenters. The highest BCUT2D eigenvalue weighted by Gasteiger charge is 2.07. The Bertz CT molecular complexity index is 797. The van der Waals surface area contributed by atoms with E-state index in [4.69, 9.17) is 4.74 Å². The lowest BCUT2D eigenvalue weighted by atomic mass is 10.1. The third-order valence-electron chi connectivity index (χ3n) is 3.18. The highest BCUT2D eigenvalue weighted by Crippen LogP contribution is 2.21. The summed E-state index contributed by atoms with van der Waals surface area (Å²) in [6.07, 6.45) is 3.42. The van der Waals surface area contributed by atoms with E-state index in [1.54, 1.807) is 18.2 Å². The van der Waals surface area contributed by atoms with Gasteiger partial charge < -0.3 is 10.1 Å². The predicted octanol–water partition coefficient (Wildman–Crippen LogP) is 3.07. The van der Waals surface area contributed by atoms with Gasteiger partial charge in [-0.15, -0.1) is 0 Å². The molecule has 1 amide bonds. The van der Waals surface area contributed by atoms with Gasteiger partial charge in [0.15, 0.2) is 6.29 Å². The SMILES string of the molecule is COc1ccc(C=O)c(NC(=O)/C=C/c2ccc([N+](=O)[O-])cc2)c1. The zero-order chi connectivity index (χ0) is 17.5. The van der Waals surface area contributed by atoms with Crippen molar-refractivity contribution < 1.29 is 19.2 Å². The molecule has 24 heavy (non-hydrogen) atoms. The molecule has 0 unspecified atom stereocenters. The number of nitro benzene ring substituents is 1. The van der Waals surface area contributed by atoms with Gasteiger partial charge >= 0.3 is 0 Å². The summed E-state index contributed by atoms with van der Waals surface area (Å²) in [5.74, 6) is 0.0694. The largest absolute Gasteiger partial charge is 0.497 e. The minimum Gasteiger partial charge on any atom is -0.497 e. The summed E-state index contributed by atoms with van der Waals surface area (Å²) in [4.78, 5) is 33.1. The molecule has 0 spiro atoms. The number of carbonyl (C=O) groups is 2. The summed E-state index contributed by atoms with van der Waals surface area (Å²) >= 11 is 0. The van der Waals surface area contributed by atoms with Gasteiger partial charge in [0.1, 0.15) is 5.75 Å². The maximum atomic E-state index is 12.0. The number of nitro groups is 1. The number of anilines is 1. The molecule has 0 radical (unpaired) electrons. The number of aldehydes is 1. The summed E-state index contributed by atoms with van der Waals surface area (Å²) in [5.41, 5.74) is 1.27.